The van der Waals surface area contributed by atoms with E-state index in [0.29, 0.717) is 35.0 Å². The maximum atomic E-state index is 14.0. The molecule has 0 radical (unpaired) electrons. The van der Waals surface area contributed by atoms with Crippen molar-refractivity contribution in [3.8, 4) is 17.2 Å². The van der Waals surface area contributed by atoms with Crippen molar-refractivity contribution in [1.29, 1.82) is 0 Å². The maximum Gasteiger partial charge on any atom is 0.255 e. The Kier molecular flexibility index (Phi) is 7.94. The summed E-state index contributed by atoms with van der Waals surface area (Å²) in [6.07, 6.45) is 0.820. The van der Waals surface area contributed by atoms with E-state index in [1.165, 1.54) is 27.4 Å². The molecule has 0 saturated carbocycles. The van der Waals surface area contributed by atoms with Gasteiger partial charge in [-0.05, 0) is 37.2 Å². The van der Waals surface area contributed by atoms with Gasteiger partial charge in [-0.3, -0.25) is 9.69 Å². The molecule has 0 spiro atoms. The molecule has 168 valence electrons. The molecule has 0 atom stereocenters. The van der Waals surface area contributed by atoms with Crippen molar-refractivity contribution < 1.29 is 23.4 Å². The number of ether oxygens (including phenoxy) is 3. The number of amides is 1. The highest BCUT2D eigenvalue weighted by molar-refractivity contribution is 5.98. The summed E-state index contributed by atoms with van der Waals surface area (Å²) < 4.78 is 29.9. The summed E-state index contributed by atoms with van der Waals surface area (Å²) in [4.78, 5) is 17.0. The lowest BCUT2D eigenvalue weighted by Crippen LogP contribution is -2.47. The highest BCUT2D eigenvalue weighted by Gasteiger charge is 2.21. The minimum Gasteiger partial charge on any atom is -0.493 e. The Morgan fingerprint density at radius 2 is 1.68 bits per heavy atom. The van der Waals surface area contributed by atoms with Crippen molar-refractivity contribution in [2.24, 2.45) is 0 Å². The maximum absolute atomic E-state index is 14.0. The monoisotopic (exact) mass is 431 g/mol. The zero-order chi connectivity index (χ0) is 22.2. The van der Waals surface area contributed by atoms with Gasteiger partial charge in [-0.1, -0.05) is 12.1 Å². The quantitative estimate of drug-likeness (QED) is 0.616. The van der Waals surface area contributed by atoms with Gasteiger partial charge in [0.05, 0.1) is 32.6 Å². The molecule has 0 unspecified atom stereocenters. The van der Waals surface area contributed by atoms with Crippen LogP contribution in [0.1, 0.15) is 16.8 Å². The molecule has 7 nitrogen and oxygen atoms in total. The van der Waals surface area contributed by atoms with E-state index < -0.39 is 0 Å². The molecular weight excluding hydrogens is 401 g/mol. The van der Waals surface area contributed by atoms with Crippen LogP contribution in [0.3, 0.4) is 0 Å². The largest absolute Gasteiger partial charge is 0.493 e. The van der Waals surface area contributed by atoms with Crippen LogP contribution in [-0.4, -0.2) is 71.4 Å². The Morgan fingerprint density at radius 1 is 0.968 bits per heavy atom. The summed E-state index contributed by atoms with van der Waals surface area (Å²) >= 11 is 0. The third kappa shape index (κ3) is 5.38. The number of hydrogen-bond acceptors (Lipinski definition) is 6. The van der Waals surface area contributed by atoms with Crippen molar-refractivity contribution >= 4 is 11.6 Å². The van der Waals surface area contributed by atoms with E-state index in [9.17, 15) is 9.18 Å². The standard InChI is InChI=1S/C23H30FN3O4/c1-29-20-10-9-17(21(30-2)22(20)31-3)23(28)25-11-6-12-26-13-15-27(16-14-26)19-8-5-4-7-18(19)24/h4-5,7-10H,6,11-16H2,1-3H3,(H,25,28). The predicted molar refractivity (Wildman–Crippen MR) is 118 cm³/mol. The van der Waals surface area contributed by atoms with Crippen LogP contribution < -0.4 is 24.4 Å². The van der Waals surface area contributed by atoms with E-state index in [1.54, 1.807) is 18.2 Å². The lowest BCUT2D eigenvalue weighted by Gasteiger charge is -2.36. The van der Waals surface area contributed by atoms with Crippen molar-refractivity contribution in [2.75, 3.05) is 65.5 Å². The number of piperazine rings is 1. The van der Waals surface area contributed by atoms with Crippen LogP contribution in [0.4, 0.5) is 10.1 Å². The zero-order valence-electron chi connectivity index (χ0n) is 18.3. The van der Waals surface area contributed by atoms with Crippen molar-refractivity contribution in [1.82, 2.24) is 10.2 Å². The number of para-hydroxylation sites is 1. The van der Waals surface area contributed by atoms with E-state index in [4.69, 9.17) is 14.2 Å². The van der Waals surface area contributed by atoms with Crippen molar-refractivity contribution in [3.05, 3.63) is 47.8 Å². The van der Waals surface area contributed by atoms with E-state index in [-0.39, 0.29) is 11.7 Å². The minimum absolute atomic E-state index is 0.177. The first-order valence-corrected chi connectivity index (χ1v) is 10.4. The topological polar surface area (TPSA) is 63.3 Å². The highest BCUT2D eigenvalue weighted by Crippen LogP contribution is 2.39. The van der Waals surface area contributed by atoms with Gasteiger partial charge in [0.1, 0.15) is 5.82 Å². The molecular formula is C23H30FN3O4. The number of nitrogens with zero attached hydrogens (tertiary/aromatic N) is 2. The van der Waals surface area contributed by atoms with E-state index in [1.807, 2.05) is 12.1 Å². The Labute approximate surface area is 182 Å². The molecule has 1 N–H and O–H groups in total. The number of rotatable bonds is 9. The molecule has 1 amide bonds. The Balaban J connectivity index is 1.45. The zero-order valence-corrected chi connectivity index (χ0v) is 18.3. The van der Waals surface area contributed by atoms with E-state index in [0.717, 1.165) is 39.1 Å². The van der Waals surface area contributed by atoms with Crippen LogP contribution in [-0.2, 0) is 0 Å². The summed E-state index contributed by atoms with van der Waals surface area (Å²) in [5, 5.41) is 2.94. The third-order valence-corrected chi connectivity index (χ3v) is 5.45. The summed E-state index contributed by atoms with van der Waals surface area (Å²) in [5.74, 6) is 0.853. The normalized spacial score (nSPS) is 14.3. The van der Waals surface area contributed by atoms with Gasteiger partial charge in [-0.2, -0.15) is 0 Å². The van der Waals surface area contributed by atoms with Gasteiger partial charge in [-0.25, -0.2) is 4.39 Å². The molecule has 3 rings (SSSR count). The smallest absolute Gasteiger partial charge is 0.255 e. The number of hydrogen-bond donors (Lipinski definition) is 1. The van der Waals surface area contributed by atoms with Crippen LogP contribution in [0.15, 0.2) is 36.4 Å². The highest BCUT2D eigenvalue weighted by atomic mass is 19.1. The average Bonchev–Trinajstić information content (AvgIpc) is 2.81. The fourth-order valence-electron chi connectivity index (χ4n) is 3.80. The Hall–Kier alpha value is -3.00. The molecule has 1 saturated heterocycles. The molecule has 0 bridgehead atoms. The van der Waals surface area contributed by atoms with E-state index >= 15 is 0 Å². The first kappa shape index (κ1) is 22.7. The number of carbonyl (C=O) groups excluding carboxylic acids is 1. The van der Waals surface area contributed by atoms with Gasteiger partial charge in [0.25, 0.3) is 5.91 Å². The summed E-state index contributed by atoms with van der Waals surface area (Å²) in [7, 11) is 4.54. The molecule has 1 aliphatic heterocycles. The molecule has 1 aliphatic rings. The van der Waals surface area contributed by atoms with Gasteiger partial charge in [0, 0.05) is 32.7 Å². The van der Waals surface area contributed by atoms with Gasteiger partial charge in [0.2, 0.25) is 5.75 Å². The molecule has 1 heterocycles. The molecule has 8 heteroatoms. The number of nitrogens with one attached hydrogen (secondary N) is 1. The van der Waals surface area contributed by atoms with Crippen LogP contribution in [0.2, 0.25) is 0 Å². The predicted octanol–water partition coefficient (Wildman–Crippen LogP) is 2.79. The second-order valence-corrected chi connectivity index (χ2v) is 7.27. The molecule has 2 aromatic carbocycles. The molecule has 0 aliphatic carbocycles. The number of anilines is 1. The van der Waals surface area contributed by atoms with Crippen LogP contribution in [0, 0.1) is 5.82 Å². The fourth-order valence-corrected chi connectivity index (χ4v) is 3.80. The third-order valence-electron chi connectivity index (χ3n) is 5.45. The summed E-state index contributed by atoms with van der Waals surface area (Å²) in [6, 6.07) is 10.2. The van der Waals surface area contributed by atoms with Crippen LogP contribution in [0.5, 0.6) is 17.2 Å². The average molecular weight is 432 g/mol. The summed E-state index contributed by atoms with van der Waals surface area (Å²) in [5.41, 5.74) is 1.07. The van der Waals surface area contributed by atoms with Crippen LogP contribution in [0.25, 0.3) is 0 Å². The second kappa shape index (κ2) is 10.9. The molecule has 0 aromatic heterocycles. The van der Waals surface area contributed by atoms with Gasteiger partial charge >= 0.3 is 0 Å². The second-order valence-electron chi connectivity index (χ2n) is 7.27. The molecule has 31 heavy (non-hydrogen) atoms. The number of benzene rings is 2. The van der Waals surface area contributed by atoms with Gasteiger partial charge in [-0.15, -0.1) is 0 Å². The fraction of sp³-hybridized carbons (Fsp3) is 0.435. The lowest BCUT2D eigenvalue weighted by atomic mass is 10.1. The Morgan fingerprint density at radius 3 is 2.32 bits per heavy atom. The van der Waals surface area contributed by atoms with Crippen molar-refractivity contribution in [3.63, 3.8) is 0 Å². The number of carbonyl (C=O) groups is 1. The first-order chi connectivity index (χ1) is 15.1. The van der Waals surface area contributed by atoms with Crippen LogP contribution >= 0.6 is 0 Å². The van der Waals surface area contributed by atoms with Gasteiger partial charge < -0.3 is 24.4 Å². The summed E-state index contributed by atoms with van der Waals surface area (Å²) in [6.45, 7) is 4.72. The van der Waals surface area contributed by atoms with Gasteiger partial charge in [0.15, 0.2) is 11.5 Å². The number of methoxy groups -OCH3 is 3. The SMILES string of the molecule is COc1ccc(C(=O)NCCCN2CCN(c3ccccc3F)CC2)c(OC)c1OC. The van der Waals surface area contributed by atoms with E-state index in [2.05, 4.69) is 15.1 Å². The van der Waals surface area contributed by atoms with Crippen molar-refractivity contribution in [2.45, 2.75) is 6.42 Å². The molecule has 1 fully saturated rings. The molecule has 2 aromatic rings. The lowest BCUT2D eigenvalue weighted by molar-refractivity contribution is 0.0947. The minimum atomic E-state index is -0.220. The Bertz CT molecular complexity index is 885. The first-order valence-electron chi connectivity index (χ1n) is 10.4. The number of halogens is 1.